The zero-order chi connectivity index (χ0) is 12.8. The fraction of sp³-hybridized carbons (Fsp3) is 0.500. The molecule has 17 heavy (non-hydrogen) atoms. The van der Waals surface area contributed by atoms with Crippen LogP contribution in [0.3, 0.4) is 0 Å². The summed E-state index contributed by atoms with van der Waals surface area (Å²) in [6.07, 6.45) is 1.34. The molecule has 0 saturated carbocycles. The number of aryl methyl sites for hydroxylation is 2. The zero-order valence-electron chi connectivity index (χ0n) is 10.9. The molecule has 1 atom stereocenters. The van der Waals surface area contributed by atoms with Crippen molar-refractivity contribution >= 4 is 5.91 Å². The van der Waals surface area contributed by atoms with Gasteiger partial charge in [0.2, 0.25) is 5.91 Å². The van der Waals surface area contributed by atoms with Gasteiger partial charge >= 0.3 is 0 Å². The van der Waals surface area contributed by atoms with E-state index < -0.39 is 0 Å². The van der Waals surface area contributed by atoms with E-state index in [9.17, 15) is 4.79 Å². The topological polar surface area (TPSA) is 46.3 Å². The molecule has 0 radical (unpaired) electrons. The van der Waals surface area contributed by atoms with Crippen molar-refractivity contribution in [3.05, 3.63) is 35.4 Å². The van der Waals surface area contributed by atoms with Gasteiger partial charge in [-0.2, -0.15) is 0 Å². The molecule has 1 rings (SSSR count). The fourth-order valence-electron chi connectivity index (χ4n) is 1.59. The van der Waals surface area contributed by atoms with Gasteiger partial charge in [-0.15, -0.1) is 0 Å². The summed E-state index contributed by atoms with van der Waals surface area (Å²) in [5.41, 5.74) is 7.99. The first-order valence-electron chi connectivity index (χ1n) is 6.06. The lowest BCUT2D eigenvalue weighted by Gasteiger charge is -2.23. The molecule has 0 bridgehead atoms. The van der Waals surface area contributed by atoms with Gasteiger partial charge in [0, 0.05) is 26.1 Å². The second-order valence-corrected chi connectivity index (χ2v) is 4.57. The first-order chi connectivity index (χ1) is 8.04. The second-order valence-electron chi connectivity index (χ2n) is 4.57. The highest BCUT2D eigenvalue weighted by Crippen LogP contribution is 2.07. The molecular weight excluding hydrogens is 212 g/mol. The van der Waals surface area contributed by atoms with Crippen molar-refractivity contribution in [1.82, 2.24) is 4.90 Å². The maximum absolute atomic E-state index is 11.9. The van der Waals surface area contributed by atoms with Crippen molar-refractivity contribution in [3.63, 3.8) is 0 Å². The highest BCUT2D eigenvalue weighted by atomic mass is 16.2. The molecule has 2 N–H and O–H groups in total. The lowest BCUT2D eigenvalue weighted by molar-refractivity contribution is -0.131. The minimum absolute atomic E-state index is 0.112. The SMILES string of the molecule is Cc1ccc(CCC(=O)N(C)C(C)CN)cc1. The van der Waals surface area contributed by atoms with Gasteiger partial charge in [0.15, 0.2) is 0 Å². The lowest BCUT2D eigenvalue weighted by Crippen LogP contribution is -2.39. The summed E-state index contributed by atoms with van der Waals surface area (Å²) in [6.45, 7) is 4.53. The van der Waals surface area contributed by atoms with E-state index in [0.29, 0.717) is 13.0 Å². The van der Waals surface area contributed by atoms with Crippen LogP contribution in [0.5, 0.6) is 0 Å². The van der Waals surface area contributed by atoms with Gasteiger partial charge in [-0.3, -0.25) is 4.79 Å². The van der Waals surface area contributed by atoms with Gasteiger partial charge < -0.3 is 10.6 Å². The predicted molar refractivity (Wildman–Crippen MR) is 70.8 cm³/mol. The molecule has 0 saturated heterocycles. The van der Waals surface area contributed by atoms with E-state index in [-0.39, 0.29) is 11.9 Å². The van der Waals surface area contributed by atoms with Gasteiger partial charge in [0.05, 0.1) is 0 Å². The zero-order valence-corrected chi connectivity index (χ0v) is 10.9. The largest absolute Gasteiger partial charge is 0.342 e. The molecule has 0 fully saturated rings. The summed E-state index contributed by atoms with van der Waals surface area (Å²) in [5.74, 6) is 0.156. The van der Waals surface area contributed by atoms with Crippen LogP contribution in [-0.4, -0.2) is 30.4 Å². The third kappa shape index (κ3) is 4.19. The number of carbonyl (C=O) groups excluding carboxylic acids is 1. The molecule has 3 heteroatoms. The third-order valence-corrected chi connectivity index (χ3v) is 3.14. The Hall–Kier alpha value is -1.35. The molecule has 94 valence electrons. The smallest absolute Gasteiger partial charge is 0.222 e. The van der Waals surface area contributed by atoms with Crippen molar-refractivity contribution in [3.8, 4) is 0 Å². The van der Waals surface area contributed by atoms with Crippen LogP contribution in [0.1, 0.15) is 24.5 Å². The fourth-order valence-corrected chi connectivity index (χ4v) is 1.59. The average Bonchev–Trinajstić information content (AvgIpc) is 2.35. The second kappa shape index (κ2) is 6.40. The van der Waals surface area contributed by atoms with Crippen LogP contribution in [0, 0.1) is 6.92 Å². The summed E-state index contributed by atoms with van der Waals surface area (Å²) in [4.78, 5) is 13.6. The molecule has 1 unspecified atom stereocenters. The molecule has 0 spiro atoms. The maximum Gasteiger partial charge on any atom is 0.222 e. The number of hydrogen-bond acceptors (Lipinski definition) is 2. The molecule has 1 aromatic carbocycles. The van der Waals surface area contributed by atoms with Crippen molar-refractivity contribution in [1.29, 1.82) is 0 Å². The first-order valence-corrected chi connectivity index (χ1v) is 6.06. The Balaban J connectivity index is 2.45. The molecule has 0 aromatic heterocycles. The number of benzene rings is 1. The van der Waals surface area contributed by atoms with Crippen molar-refractivity contribution in [2.45, 2.75) is 32.7 Å². The Kier molecular flexibility index (Phi) is 5.16. The highest BCUT2D eigenvalue weighted by molar-refractivity contribution is 5.76. The van der Waals surface area contributed by atoms with Gasteiger partial charge in [0.25, 0.3) is 0 Å². The summed E-state index contributed by atoms with van der Waals surface area (Å²) in [6, 6.07) is 8.42. The van der Waals surface area contributed by atoms with Crippen LogP contribution >= 0.6 is 0 Å². The number of nitrogens with zero attached hydrogens (tertiary/aromatic N) is 1. The molecule has 1 aromatic rings. The molecular formula is C14H22N2O. The number of rotatable bonds is 5. The highest BCUT2D eigenvalue weighted by Gasteiger charge is 2.13. The van der Waals surface area contributed by atoms with E-state index in [0.717, 1.165) is 6.42 Å². The molecule has 1 amide bonds. The van der Waals surface area contributed by atoms with Crippen LogP contribution < -0.4 is 5.73 Å². The first kappa shape index (κ1) is 13.7. The monoisotopic (exact) mass is 234 g/mol. The van der Waals surface area contributed by atoms with E-state index in [1.54, 1.807) is 4.90 Å². The Morgan fingerprint density at radius 1 is 1.35 bits per heavy atom. The molecule has 0 aliphatic heterocycles. The van der Waals surface area contributed by atoms with Gasteiger partial charge in [-0.05, 0) is 25.8 Å². The summed E-state index contributed by atoms with van der Waals surface area (Å²) in [7, 11) is 1.81. The Morgan fingerprint density at radius 2 is 1.94 bits per heavy atom. The summed E-state index contributed by atoms with van der Waals surface area (Å²) in [5, 5.41) is 0. The number of nitrogens with two attached hydrogens (primary N) is 1. The minimum atomic E-state index is 0.112. The minimum Gasteiger partial charge on any atom is -0.342 e. The van der Waals surface area contributed by atoms with E-state index in [1.165, 1.54) is 11.1 Å². The third-order valence-electron chi connectivity index (χ3n) is 3.14. The molecule has 3 nitrogen and oxygen atoms in total. The van der Waals surface area contributed by atoms with E-state index in [1.807, 2.05) is 14.0 Å². The molecule has 0 heterocycles. The van der Waals surface area contributed by atoms with Crippen LogP contribution in [0.4, 0.5) is 0 Å². The average molecular weight is 234 g/mol. The van der Waals surface area contributed by atoms with Gasteiger partial charge in [-0.1, -0.05) is 29.8 Å². The molecule has 0 aliphatic carbocycles. The van der Waals surface area contributed by atoms with Gasteiger partial charge in [-0.25, -0.2) is 0 Å². The normalized spacial score (nSPS) is 12.2. The van der Waals surface area contributed by atoms with E-state index >= 15 is 0 Å². The van der Waals surface area contributed by atoms with Crippen LogP contribution in [0.25, 0.3) is 0 Å². The van der Waals surface area contributed by atoms with Gasteiger partial charge in [0.1, 0.15) is 0 Å². The number of hydrogen-bond donors (Lipinski definition) is 1. The van der Waals surface area contributed by atoms with Crippen molar-refractivity contribution < 1.29 is 4.79 Å². The number of amides is 1. The predicted octanol–water partition coefficient (Wildman–Crippen LogP) is 1.73. The van der Waals surface area contributed by atoms with Crippen LogP contribution in [0.2, 0.25) is 0 Å². The number of carbonyl (C=O) groups is 1. The van der Waals surface area contributed by atoms with Crippen molar-refractivity contribution in [2.75, 3.05) is 13.6 Å². The quantitative estimate of drug-likeness (QED) is 0.843. The maximum atomic E-state index is 11.9. The Labute approximate surface area is 104 Å². The Morgan fingerprint density at radius 3 is 2.47 bits per heavy atom. The molecule has 0 aliphatic rings. The lowest BCUT2D eigenvalue weighted by atomic mass is 10.1. The standard InChI is InChI=1S/C14H22N2O/c1-11-4-6-13(7-5-11)8-9-14(17)16(3)12(2)10-15/h4-7,12H,8-10,15H2,1-3H3. The summed E-state index contributed by atoms with van der Waals surface area (Å²) >= 11 is 0. The van der Waals surface area contributed by atoms with Crippen LogP contribution in [-0.2, 0) is 11.2 Å². The van der Waals surface area contributed by atoms with Crippen molar-refractivity contribution in [2.24, 2.45) is 5.73 Å². The van der Waals surface area contributed by atoms with E-state index in [2.05, 4.69) is 31.2 Å². The van der Waals surface area contributed by atoms with Crippen LogP contribution in [0.15, 0.2) is 24.3 Å². The Bertz CT molecular complexity index is 359. The summed E-state index contributed by atoms with van der Waals surface area (Å²) < 4.78 is 0. The van der Waals surface area contributed by atoms with E-state index in [4.69, 9.17) is 5.73 Å². The number of likely N-dealkylation sites (N-methyl/N-ethyl adjacent to an activating group) is 1.